The molecule has 0 bridgehead atoms. The lowest BCUT2D eigenvalue weighted by Crippen LogP contribution is -2.34. The largest absolute Gasteiger partial charge is 0.493 e. The van der Waals surface area contributed by atoms with Gasteiger partial charge in [0, 0.05) is 37.0 Å². The Balaban J connectivity index is 1.31. The van der Waals surface area contributed by atoms with Gasteiger partial charge in [0.15, 0.2) is 11.5 Å². The molecule has 1 N–H and O–H groups in total. The van der Waals surface area contributed by atoms with E-state index in [9.17, 15) is 19.5 Å². The number of nitrogens with zero attached hydrogens (tertiary/aromatic N) is 2. The zero-order valence-corrected chi connectivity index (χ0v) is 24.6. The molecular weight excluding hydrogens is 544 g/mol. The van der Waals surface area contributed by atoms with E-state index in [0.717, 1.165) is 67.8 Å². The lowest BCUT2D eigenvalue weighted by molar-refractivity contribution is -0.143. The summed E-state index contributed by atoms with van der Waals surface area (Å²) in [4.78, 5) is 39.1. The Morgan fingerprint density at radius 3 is 2.44 bits per heavy atom. The Hall–Kier alpha value is -3.10. The first-order valence-electron chi connectivity index (χ1n) is 14.6. The molecule has 0 spiro atoms. The maximum Gasteiger partial charge on any atom is 0.306 e. The van der Waals surface area contributed by atoms with Gasteiger partial charge in [-0.15, -0.1) is 0 Å². The van der Waals surface area contributed by atoms with Crippen molar-refractivity contribution >= 4 is 29.4 Å². The molecule has 0 aromatic heterocycles. The summed E-state index contributed by atoms with van der Waals surface area (Å²) >= 11 is 6.46. The summed E-state index contributed by atoms with van der Waals surface area (Å²) in [5, 5.41) is 10.3. The minimum absolute atomic E-state index is 0.150. The van der Waals surface area contributed by atoms with Gasteiger partial charge in [-0.25, -0.2) is 0 Å². The summed E-state index contributed by atoms with van der Waals surface area (Å²) in [5.74, 6) is 0.430. The van der Waals surface area contributed by atoms with Crippen LogP contribution < -0.4 is 9.47 Å². The molecule has 220 valence electrons. The molecule has 1 aliphatic heterocycles. The summed E-state index contributed by atoms with van der Waals surface area (Å²) in [6.45, 7) is 4.10. The third kappa shape index (κ3) is 6.70. The summed E-state index contributed by atoms with van der Waals surface area (Å²) in [7, 11) is 1.61. The number of ether oxygens (including phenoxy) is 2. The third-order valence-corrected chi connectivity index (χ3v) is 9.34. The number of imide groups is 1. The van der Waals surface area contributed by atoms with Gasteiger partial charge in [0.25, 0.3) is 0 Å². The minimum Gasteiger partial charge on any atom is -0.493 e. The van der Waals surface area contributed by atoms with Gasteiger partial charge in [-0.1, -0.05) is 23.7 Å². The first-order chi connectivity index (χ1) is 19.7. The molecule has 1 unspecified atom stereocenters. The van der Waals surface area contributed by atoms with Gasteiger partial charge in [0.1, 0.15) is 6.61 Å². The van der Waals surface area contributed by atoms with Crippen LogP contribution in [0.3, 0.4) is 0 Å². The standard InChI is InChI=1S/C32H39ClN2O6/c1-20-15-25-24(17-26(20)33)8-9-27(25)34(18-21-3-6-23(7-4-21)32(38)39)19-22-5-10-28(29(16-22)40-2)41-14-13-35-30(36)11-12-31(35)37/h5,10,15-17,21,23,27H,3-4,6-9,11-14,18-19H2,1-2H3,(H,38,39)/t21-,23-,27?. The molecular formula is C32H39ClN2O6. The number of fused-ring (bicyclic) bond motifs is 1. The van der Waals surface area contributed by atoms with Gasteiger partial charge >= 0.3 is 5.97 Å². The molecule has 1 heterocycles. The highest BCUT2D eigenvalue weighted by Crippen LogP contribution is 2.41. The van der Waals surface area contributed by atoms with E-state index in [1.807, 2.05) is 18.2 Å². The number of amides is 2. The van der Waals surface area contributed by atoms with Crippen LogP contribution in [-0.2, 0) is 27.3 Å². The van der Waals surface area contributed by atoms with Crippen LogP contribution in [0.4, 0.5) is 0 Å². The zero-order chi connectivity index (χ0) is 29.1. The Morgan fingerprint density at radius 2 is 1.76 bits per heavy atom. The number of methoxy groups -OCH3 is 1. The van der Waals surface area contributed by atoms with Crippen molar-refractivity contribution in [2.45, 2.75) is 70.9 Å². The zero-order valence-electron chi connectivity index (χ0n) is 23.9. The van der Waals surface area contributed by atoms with Crippen LogP contribution in [0.25, 0.3) is 0 Å². The number of rotatable bonds is 11. The number of aliphatic carboxylic acids is 1. The Kier molecular flexibility index (Phi) is 9.19. The van der Waals surface area contributed by atoms with Crippen LogP contribution in [0.1, 0.15) is 73.2 Å². The number of carbonyl (C=O) groups is 3. The predicted octanol–water partition coefficient (Wildman–Crippen LogP) is 5.57. The highest BCUT2D eigenvalue weighted by molar-refractivity contribution is 6.31. The molecule has 9 heteroatoms. The normalized spacial score (nSPS) is 22.3. The van der Waals surface area contributed by atoms with Crippen LogP contribution in [0.5, 0.6) is 11.5 Å². The molecule has 2 fully saturated rings. The smallest absolute Gasteiger partial charge is 0.306 e. The predicted molar refractivity (Wildman–Crippen MR) is 155 cm³/mol. The van der Waals surface area contributed by atoms with E-state index in [1.54, 1.807) is 7.11 Å². The van der Waals surface area contributed by atoms with Crippen molar-refractivity contribution in [1.82, 2.24) is 9.80 Å². The summed E-state index contributed by atoms with van der Waals surface area (Å²) in [5.41, 5.74) is 4.82. The third-order valence-electron chi connectivity index (χ3n) is 8.94. The van der Waals surface area contributed by atoms with Crippen molar-refractivity contribution < 1.29 is 29.0 Å². The lowest BCUT2D eigenvalue weighted by atomic mass is 9.81. The number of likely N-dealkylation sites (tertiary alicyclic amines) is 1. The molecule has 3 aliphatic rings. The monoisotopic (exact) mass is 582 g/mol. The Labute approximate surface area is 246 Å². The van der Waals surface area contributed by atoms with E-state index in [4.69, 9.17) is 21.1 Å². The second-order valence-electron chi connectivity index (χ2n) is 11.6. The first-order valence-corrected chi connectivity index (χ1v) is 15.0. The van der Waals surface area contributed by atoms with Crippen LogP contribution in [0.15, 0.2) is 30.3 Å². The minimum atomic E-state index is -0.676. The first kappa shape index (κ1) is 29.4. The highest BCUT2D eigenvalue weighted by Gasteiger charge is 2.33. The lowest BCUT2D eigenvalue weighted by Gasteiger charge is -2.35. The van der Waals surface area contributed by atoms with Gasteiger partial charge in [-0.2, -0.15) is 0 Å². The van der Waals surface area contributed by atoms with Crippen LogP contribution >= 0.6 is 11.6 Å². The second kappa shape index (κ2) is 12.8. The van der Waals surface area contributed by atoms with E-state index in [1.165, 1.54) is 16.0 Å². The number of aryl methyl sites for hydroxylation is 2. The van der Waals surface area contributed by atoms with E-state index >= 15 is 0 Å². The molecule has 41 heavy (non-hydrogen) atoms. The fourth-order valence-electron chi connectivity index (χ4n) is 6.61. The summed E-state index contributed by atoms with van der Waals surface area (Å²) in [6.07, 6.45) is 5.86. The summed E-state index contributed by atoms with van der Waals surface area (Å²) < 4.78 is 11.6. The molecule has 2 amide bonds. The molecule has 2 aromatic rings. The molecule has 5 rings (SSSR count). The SMILES string of the molecule is COc1cc(CN(C[C@H]2CC[C@H](C(=O)O)CC2)C2CCc3cc(Cl)c(C)cc32)ccc1OCCN1C(=O)CCC1=O. The summed E-state index contributed by atoms with van der Waals surface area (Å²) in [6, 6.07) is 10.5. The van der Waals surface area contributed by atoms with Crippen molar-refractivity contribution in [3.05, 3.63) is 57.6 Å². The number of benzene rings is 2. The van der Waals surface area contributed by atoms with Crippen molar-refractivity contribution in [3.8, 4) is 11.5 Å². The average Bonchev–Trinajstić information content (AvgIpc) is 3.51. The number of hydrogen-bond donors (Lipinski definition) is 1. The maximum absolute atomic E-state index is 11.9. The van der Waals surface area contributed by atoms with Gasteiger partial charge < -0.3 is 14.6 Å². The Morgan fingerprint density at radius 1 is 1.02 bits per heavy atom. The molecule has 1 saturated carbocycles. The van der Waals surface area contributed by atoms with E-state index in [2.05, 4.69) is 24.0 Å². The van der Waals surface area contributed by atoms with Crippen molar-refractivity contribution in [2.75, 3.05) is 26.8 Å². The van der Waals surface area contributed by atoms with Gasteiger partial charge in [0.05, 0.1) is 19.6 Å². The van der Waals surface area contributed by atoms with Crippen molar-refractivity contribution in [1.29, 1.82) is 0 Å². The average molecular weight is 583 g/mol. The van der Waals surface area contributed by atoms with Crippen molar-refractivity contribution in [2.24, 2.45) is 11.8 Å². The second-order valence-corrected chi connectivity index (χ2v) is 12.0. The van der Waals surface area contributed by atoms with Crippen LogP contribution in [-0.4, -0.2) is 59.5 Å². The number of carboxylic acids is 1. The fraction of sp³-hybridized carbons (Fsp3) is 0.531. The Bertz CT molecular complexity index is 1290. The van der Waals surface area contributed by atoms with Crippen molar-refractivity contribution in [3.63, 3.8) is 0 Å². The van der Waals surface area contributed by atoms with Gasteiger partial charge in [-0.3, -0.25) is 24.2 Å². The van der Waals surface area contributed by atoms with Gasteiger partial charge in [0.2, 0.25) is 11.8 Å². The molecule has 0 radical (unpaired) electrons. The highest BCUT2D eigenvalue weighted by atomic mass is 35.5. The molecule has 8 nitrogen and oxygen atoms in total. The number of halogens is 1. The van der Waals surface area contributed by atoms with E-state index in [0.29, 0.717) is 17.4 Å². The van der Waals surface area contributed by atoms with E-state index < -0.39 is 5.97 Å². The molecule has 1 atom stereocenters. The number of carboxylic acid groups (broad SMARTS) is 1. The van der Waals surface area contributed by atoms with Gasteiger partial charge in [-0.05, 0) is 91.8 Å². The van der Waals surface area contributed by atoms with Crippen LogP contribution in [0.2, 0.25) is 5.02 Å². The van der Waals surface area contributed by atoms with E-state index in [-0.39, 0.29) is 49.8 Å². The molecule has 2 aromatic carbocycles. The number of hydrogen-bond acceptors (Lipinski definition) is 6. The fourth-order valence-corrected chi connectivity index (χ4v) is 6.79. The van der Waals surface area contributed by atoms with Crippen LogP contribution in [0, 0.1) is 18.8 Å². The topological polar surface area (TPSA) is 96.4 Å². The number of carbonyl (C=O) groups excluding carboxylic acids is 2. The maximum atomic E-state index is 11.9. The molecule has 1 saturated heterocycles. The quantitative estimate of drug-likeness (QED) is 0.346. The molecule has 2 aliphatic carbocycles.